The van der Waals surface area contributed by atoms with Crippen molar-refractivity contribution in [1.29, 1.82) is 0 Å². The Morgan fingerprint density at radius 3 is 2.42 bits per heavy atom. The molecule has 1 aromatic carbocycles. The van der Waals surface area contributed by atoms with Gasteiger partial charge in [0.05, 0.1) is 0 Å². The molecule has 5 heteroatoms. The van der Waals surface area contributed by atoms with E-state index in [1.807, 2.05) is 0 Å². The molecule has 1 fully saturated rings. The van der Waals surface area contributed by atoms with Gasteiger partial charge in [0.1, 0.15) is 11.6 Å². The fourth-order valence-corrected chi connectivity index (χ4v) is 2.62. The molecule has 2 atom stereocenters. The zero-order valence-electron chi connectivity index (χ0n) is 11.4. The second-order valence-corrected chi connectivity index (χ2v) is 5.28. The van der Waals surface area contributed by atoms with Gasteiger partial charge in [-0.3, -0.25) is 4.90 Å². The number of nitrogens with two attached hydrogens (primary N) is 1. The van der Waals surface area contributed by atoms with Gasteiger partial charge in [0.15, 0.2) is 0 Å². The molecule has 0 saturated carbocycles. The van der Waals surface area contributed by atoms with Crippen molar-refractivity contribution >= 4 is 0 Å². The first-order valence-electron chi connectivity index (χ1n) is 6.61. The highest BCUT2D eigenvalue weighted by atomic mass is 19.1. The van der Waals surface area contributed by atoms with Crippen LogP contribution in [0.2, 0.25) is 0 Å². The topological polar surface area (TPSA) is 32.5 Å². The Hall–Kier alpha value is -1.04. The molecule has 106 valence electrons. The van der Waals surface area contributed by atoms with E-state index in [4.69, 9.17) is 5.73 Å². The largest absolute Gasteiger partial charge is 0.329 e. The number of likely N-dealkylation sites (N-methyl/N-ethyl adjacent to an activating group) is 1. The number of benzene rings is 1. The zero-order chi connectivity index (χ0) is 14.0. The van der Waals surface area contributed by atoms with E-state index in [1.54, 1.807) is 0 Å². The summed E-state index contributed by atoms with van der Waals surface area (Å²) in [5, 5.41) is 0. The van der Waals surface area contributed by atoms with Crippen molar-refractivity contribution in [1.82, 2.24) is 9.80 Å². The highest BCUT2D eigenvalue weighted by molar-refractivity contribution is 5.22. The maximum absolute atomic E-state index is 13.3. The van der Waals surface area contributed by atoms with Gasteiger partial charge in [-0.05, 0) is 31.7 Å². The van der Waals surface area contributed by atoms with Gasteiger partial charge in [-0.2, -0.15) is 0 Å². The van der Waals surface area contributed by atoms with Gasteiger partial charge in [0.25, 0.3) is 0 Å². The molecule has 1 aromatic rings. The minimum atomic E-state index is -0.546. The summed E-state index contributed by atoms with van der Waals surface area (Å²) < 4.78 is 26.6. The molecule has 1 aliphatic heterocycles. The Morgan fingerprint density at radius 2 is 1.89 bits per heavy atom. The molecule has 0 radical (unpaired) electrons. The standard InChI is InChI=1S/C14H21F2N3/c1-10-9-19(4-3-18(10)2)14(8-17)11-5-12(15)7-13(16)6-11/h5-7,10,14H,3-4,8-9,17H2,1-2H3. The van der Waals surface area contributed by atoms with Gasteiger partial charge in [-0.25, -0.2) is 8.78 Å². The third kappa shape index (κ3) is 3.29. The average Bonchev–Trinajstić information content (AvgIpc) is 2.33. The van der Waals surface area contributed by atoms with Crippen molar-refractivity contribution in [3.05, 3.63) is 35.4 Å². The second kappa shape index (κ2) is 5.94. The summed E-state index contributed by atoms with van der Waals surface area (Å²) in [5.74, 6) is -1.09. The molecule has 1 heterocycles. The van der Waals surface area contributed by atoms with Crippen LogP contribution in [0.1, 0.15) is 18.5 Å². The molecule has 0 spiro atoms. The smallest absolute Gasteiger partial charge is 0.126 e. The van der Waals surface area contributed by atoms with Crippen LogP contribution in [0.3, 0.4) is 0 Å². The van der Waals surface area contributed by atoms with Gasteiger partial charge in [-0.15, -0.1) is 0 Å². The number of rotatable bonds is 3. The van der Waals surface area contributed by atoms with Crippen LogP contribution < -0.4 is 5.73 Å². The summed E-state index contributed by atoms with van der Waals surface area (Å²) in [6.45, 7) is 5.16. The van der Waals surface area contributed by atoms with Crippen LogP contribution in [0.4, 0.5) is 8.78 Å². The average molecular weight is 269 g/mol. The normalized spacial score (nSPS) is 23.5. The van der Waals surface area contributed by atoms with Crippen LogP contribution >= 0.6 is 0 Å². The van der Waals surface area contributed by atoms with Gasteiger partial charge in [-0.1, -0.05) is 0 Å². The lowest BCUT2D eigenvalue weighted by molar-refractivity contribution is 0.0739. The van der Waals surface area contributed by atoms with E-state index in [-0.39, 0.29) is 6.04 Å². The molecule has 2 N–H and O–H groups in total. The van der Waals surface area contributed by atoms with E-state index in [1.165, 1.54) is 12.1 Å². The Kier molecular flexibility index (Phi) is 4.50. The van der Waals surface area contributed by atoms with Crippen LogP contribution in [0.25, 0.3) is 0 Å². The molecule has 2 unspecified atom stereocenters. The Balaban J connectivity index is 2.19. The minimum absolute atomic E-state index is 0.124. The van der Waals surface area contributed by atoms with Crippen molar-refractivity contribution in [3.8, 4) is 0 Å². The highest BCUT2D eigenvalue weighted by Crippen LogP contribution is 2.24. The van der Waals surface area contributed by atoms with Crippen LogP contribution in [-0.2, 0) is 0 Å². The van der Waals surface area contributed by atoms with Crippen molar-refractivity contribution < 1.29 is 8.78 Å². The Labute approximate surface area is 113 Å². The second-order valence-electron chi connectivity index (χ2n) is 5.28. The van der Waals surface area contributed by atoms with Gasteiger partial charge < -0.3 is 10.6 Å². The van der Waals surface area contributed by atoms with Crippen LogP contribution in [0, 0.1) is 11.6 Å². The summed E-state index contributed by atoms with van der Waals surface area (Å²) in [7, 11) is 2.08. The summed E-state index contributed by atoms with van der Waals surface area (Å²) in [5.41, 5.74) is 6.44. The van der Waals surface area contributed by atoms with E-state index in [0.717, 1.165) is 25.7 Å². The molecule has 0 aliphatic carbocycles. The van der Waals surface area contributed by atoms with Gasteiger partial charge >= 0.3 is 0 Å². The molecular formula is C14H21F2N3. The zero-order valence-corrected chi connectivity index (χ0v) is 11.4. The lowest BCUT2D eigenvalue weighted by Crippen LogP contribution is -2.52. The molecule has 2 rings (SSSR count). The van der Waals surface area contributed by atoms with E-state index >= 15 is 0 Å². The maximum Gasteiger partial charge on any atom is 0.126 e. The van der Waals surface area contributed by atoms with Crippen molar-refractivity contribution in [2.75, 3.05) is 33.2 Å². The summed E-state index contributed by atoms with van der Waals surface area (Å²) >= 11 is 0. The SMILES string of the molecule is CC1CN(C(CN)c2cc(F)cc(F)c2)CCN1C. The van der Waals surface area contributed by atoms with E-state index in [2.05, 4.69) is 23.8 Å². The minimum Gasteiger partial charge on any atom is -0.329 e. The Bertz CT molecular complexity index is 418. The van der Waals surface area contributed by atoms with Crippen LogP contribution in [0.5, 0.6) is 0 Å². The van der Waals surface area contributed by atoms with Gasteiger partial charge in [0, 0.05) is 44.3 Å². The third-order valence-corrected chi connectivity index (χ3v) is 3.92. The predicted molar refractivity (Wildman–Crippen MR) is 71.8 cm³/mol. The number of hydrogen-bond donors (Lipinski definition) is 1. The van der Waals surface area contributed by atoms with E-state index in [9.17, 15) is 8.78 Å². The first-order valence-corrected chi connectivity index (χ1v) is 6.61. The first kappa shape index (κ1) is 14.4. The number of nitrogens with zero attached hydrogens (tertiary/aromatic N) is 2. The van der Waals surface area contributed by atoms with Gasteiger partial charge in [0.2, 0.25) is 0 Å². The monoisotopic (exact) mass is 269 g/mol. The lowest BCUT2D eigenvalue weighted by atomic mass is 10.0. The molecule has 19 heavy (non-hydrogen) atoms. The molecule has 1 saturated heterocycles. The van der Waals surface area contributed by atoms with Crippen molar-refractivity contribution in [2.24, 2.45) is 5.73 Å². The van der Waals surface area contributed by atoms with E-state index in [0.29, 0.717) is 18.2 Å². The molecule has 0 amide bonds. The number of hydrogen-bond acceptors (Lipinski definition) is 3. The molecule has 3 nitrogen and oxygen atoms in total. The molecule has 0 bridgehead atoms. The quantitative estimate of drug-likeness (QED) is 0.904. The summed E-state index contributed by atoms with van der Waals surface area (Å²) in [6.07, 6.45) is 0. The number of piperazine rings is 1. The molecular weight excluding hydrogens is 248 g/mol. The summed E-state index contributed by atoms with van der Waals surface area (Å²) in [6, 6.07) is 3.94. The molecule has 0 aromatic heterocycles. The maximum atomic E-state index is 13.3. The Morgan fingerprint density at radius 1 is 1.26 bits per heavy atom. The van der Waals surface area contributed by atoms with Crippen molar-refractivity contribution in [3.63, 3.8) is 0 Å². The number of halogens is 2. The van der Waals surface area contributed by atoms with E-state index < -0.39 is 11.6 Å². The lowest BCUT2D eigenvalue weighted by Gasteiger charge is -2.41. The fraction of sp³-hybridized carbons (Fsp3) is 0.571. The van der Waals surface area contributed by atoms with Crippen LogP contribution in [0.15, 0.2) is 18.2 Å². The van der Waals surface area contributed by atoms with Crippen molar-refractivity contribution in [2.45, 2.75) is 19.0 Å². The fourth-order valence-electron chi connectivity index (χ4n) is 2.62. The predicted octanol–water partition coefficient (Wildman–Crippen LogP) is 1.60. The highest BCUT2D eigenvalue weighted by Gasteiger charge is 2.27. The third-order valence-electron chi connectivity index (χ3n) is 3.92. The molecule has 1 aliphatic rings. The summed E-state index contributed by atoms with van der Waals surface area (Å²) in [4.78, 5) is 4.48. The van der Waals surface area contributed by atoms with Crippen LogP contribution in [-0.4, -0.2) is 49.1 Å². The first-order chi connectivity index (χ1) is 9.01.